The molecule has 1 unspecified atom stereocenters. The van der Waals surface area contributed by atoms with Gasteiger partial charge < -0.3 is 15.7 Å². The number of hydrogen-bond donors (Lipinski definition) is 3. The van der Waals surface area contributed by atoms with Crippen molar-refractivity contribution in [3.05, 3.63) is 21.3 Å². The summed E-state index contributed by atoms with van der Waals surface area (Å²) in [5, 5.41) is 16.7. The first-order valence-electron chi connectivity index (χ1n) is 8.56. The maximum absolute atomic E-state index is 10.2. The van der Waals surface area contributed by atoms with Gasteiger partial charge in [-0.1, -0.05) is 11.6 Å². The molecule has 1 heterocycles. The summed E-state index contributed by atoms with van der Waals surface area (Å²) < 4.78 is 0.681. The van der Waals surface area contributed by atoms with E-state index in [4.69, 9.17) is 11.6 Å². The fourth-order valence-corrected chi connectivity index (χ4v) is 3.57. The van der Waals surface area contributed by atoms with E-state index in [1.54, 1.807) is 6.07 Å². The summed E-state index contributed by atoms with van der Waals surface area (Å²) in [5.74, 6) is 0.728. The number of rotatable bonds is 9. The molecule has 0 amide bonds. The molecule has 0 aromatic carbocycles. The minimum absolute atomic E-state index is 0.310. The van der Waals surface area contributed by atoms with Crippen LogP contribution >= 0.6 is 22.9 Å². The van der Waals surface area contributed by atoms with Crippen molar-refractivity contribution in [1.29, 1.82) is 0 Å². The number of halogens is 1. The van der Waals surface area contributed by atoms with Crippen molar-refractivity contribution in [2.24, 2.45) is 4.99 Å². The van der Waals surface area contributed by atoms with E-state index in [1.807, 2.05) is 13.0 Å². The SMILES string of the molecule is CCNC(=NCC(O)c1ccc(Cl)s1)NCCN(C(C)C)C(C)C. The molecule has 0 fully saturated rings. The molecule has 1 atom stereocenters. The highest BCUT2D eigenvalue weighted by Gasteiger charge is 2.13. The Morgan fingerprint density at radius 1 is 1.25 bits per heavy atom. The molecule has 0 aliphatic rings. The monoisotopic (exact) mass is 374 g/mol. The highest BCUT2D eigenvalue weighted by Crippen LogP contribution is 2.26. The average molecular weight is 375 g/mol. The predicted molar refractivity (Wildman–Crippen MR) is 105 cm³/mol. The topological polar surface area (TPSA) is 59.9 Å². The summed E-state index contributed by atoms with van der Waals surface area (Å²) in [4.78, 5) is 7.74. The van der Waals surface area contributed by atoms with Gasteiger partial charge in [-0.25, -0.2) is 0 Å². The first-order chi connectivity index (χ1) is 11.3. The molecule has 138 valence electrons. The van der Waals surface area contributed by atoms with Crippen molar-refractivity contribution in [3.8, 4) is 0 Å². The second-order valence-electron chi connectivity index (χ2n) is 6.23. The number of nitrogens with zero attached hydrogens (tertiary/aromatic N) is 2. The molecule has 1 aromatic heterocycles. The van der Waals surface area contributed by atoms with Crippen molar-refractivity contribution < 1.29 is 5.11 Å². The molecule has 7 heteroatoms. The van der Waals surface area contributed by atoms with E-state index in [0.717, 1.165) is 30.5 Å². The zero-order valence-electron chi connectivity index (χ0n) is 15.3. The zero-order valence-corrected chi connectivity index (χ0v) is 16.9. The van der Waals surface area contributed by atoms with Gasteiger partial charge in [-0.05, 0) is 46.8 Å². The van der Waals surface area contributed by atoms with Crippen LogP contribution in [0, 0.1) is 0 Å². The maximum Gasteiger partial charge on any atom is 0.191 e. The molecule has 0 spiro atoms. The standard InChI is InChI=1S/C17H31ClN4OS/c1-6-19-17(20-9-10-22(12(2)3)13(4)5)21-11-14(23)15-7-8-16(18)24-15/h7-8,12-14,23H,6,9-11H2,1-5H3,(H2,19,20,21). The van der Waals surface area contributed by atoms with Crippen molar-refractivity contribution in [1.82, 2.24) is 15.5 Å². The Balaban J connectivity index is 2.53. The van der Waals surface area contributed by atoms with Gasteiger partial charge in [0.05, 0.1) is 10.9 Å². The van der Waals surface area contributed by atoms with Crippen LogP contribution in [0.4, 0.5) is 0 Å². The Morgan fingerprint density at radius 2 is 1.92 bits per heavy atom. The third-order valence-corrected chi connectivity index (χ3v) is 5.01. The predicted octanol–water partition coefficient (Wildman–Crippen LogP) is 3.11. The Bertz CT molecular complexity index is 497. The van der Waals surface area contributed by atoms with E-state index in [2.05, 4.69) is 48.2 Å². The van der Waals surface area contributed by atoms with E-state index >= 15 is 0 Å². The van der Waals surface area contributed by atoms with Crippen molar-refractivity contribution in [2.45, 2.75) is 52.8 Å². The highest BCUT2D eigenvalue weighted by molar-refractivity contribution is 7.16. The highest BCUT2D eigenvalue weighted by atomic mass is 35.5. The van der Waals surface area contributed by atoms with Crippen molar-refractivity contribution in [2.75, 3.05) is 26.2 Å². The summed E-state index contributed by atoms with van der Waals surface area (Å²) in [5.41, 5.74) is 0. The minimum Gasteiger partial charge on any atom is -0.386 e. The van der Waals surface area contributed by atoms with Gasteiger partial charge in [-0.2, -0.15) is 0 Å². The third kappa shape index (κ3) is 7.38. The van der Waals surface area contributed by atoms with Crippen LogP contribution in [0.5, 0.6) is 0 Å². The van der Waals surface area contributed by atoms with Gasteiger partial charge in [-0.15, -0.1) is 11.3 Å². The lowest BCUT2D eigenvalue weighted by Crippen LogP contribution is -2.45. The lowest BCUT2D eigenvalue weighted by atomic mass is 10.2. The van der Waals surface area contributed by atoms with Crippen LogP contribution in [0.15, 0.2) is 17.1 Å². The van der Waals surface area contributed by atoms with Crippen LogP contribution in [0.3, 0.4) is 0 Å². The number of guanidine groups is 1. The van der Waals surface area contributed by atoms with Crippen molar-refractivity contribution in [3.63, 3.8) is 0 Å². The molecule has 0 aliphatic heterocycles. The number of aliphatic imine (C=N–C) groups is 1. The molecule has 5 nitrogen and oxygen atoms in total. The molecule has 3 N–H and O–H groups in total. The second kappa shape index (κ2) is 10.9. The number of aliphatic hydroxyl groups is 1. The Morgan fingerprint density at radius 3 is 2.42 bits per heavy atom. The lowest BCUT2D eigenvalue weighted by molar-refractivity contribution is 0.178. The number of aliphatic hydroxyl groups excluding tert-OH is 1. The Kier molecular flexibility index (Phi) is 9.66. The van der Waals surface area contributed by atoms with Crippen molar-refractivity contribution >= 4 is 28.9 Å². The Hall–Kier alpha value is -0.820. The summed E-state index contributed by atoms with van der Waals surface area (Å²) >= 11 is 7.30. The van der Waals surface area contributed by atoms with E-state index in [9.17, 15) is 5.11 Å². The zero-order chi connectivity index (χ0) is 18.1. The van der Waals surface area contributed by atoms with Gasteiger partial charge in [0.15, 0.2) is 5.96 Å². The molecule has 0 saturated carbocycles. The van der Waals surface area contributed by atoms with Gasteiger partial charge in [0.2, 0.25) is 0 Å². The largest absolute Gasteiger partial charge is 0.386 e. The van der Waals surface area contributed by atoms with Crippen LogP contribution in [0.1, 0.15) is 45.6 Å². The molecule has 0 radical (unpaired) electrons. The molecule has 0 bridgehead atoms. The number of nitrogens with one attached hydrogen (secondary N) is 2. The van der Waals surface area contributed by atoms with Crippen LogP contribution in [-0.2, 0) is 0 Å². The van der Waals surface area contributed by atoms with Gasteiger partial charge in [0, 0.05) is 36.6 Å². The van der Waals surface area contributed by atoms with Gasteiger partial charge in [0.25, 0.3) is 0 Å². The summed E-state index contributed by atoms with van der Waals surface area (Å²) in [6.45, 7) is 13.7. The van der Waals surface area contributed by atoms with Gasteiger partial charge in [0.1, 0.15) is 6.10 Å². The Labute approximate surface area is 155 Å². The van der Waals surface area contributed by atoms with Crippen LogP contribution in [-0.4, -0.2) is 54.2 Å². The third-order valence-electron chi connectivity index (χ3n) is 3.68. The van der Waals surface area contributed by atoms with Crippen LogP contribution in [0.2, 0.25) is 4.34 Å². The molecular formula is C17H31ClN4OS. The summed E-state index contributed by atoms with van der Waals surface area (Å²) in [6.07, 6.45) is -0.624. The quantitative estimate of drug-likeness (QED) is 0.459. The summed E-state index contributed by atoms with van der Waals surface area (Å²) in [6, 6.07) is 4.66. The van der Waals surface area contributed by atoms with E-state index in [1.165, 1.54) is 11.3 Å². The van der Waals surface area contributed by atoms with Gasteiger partial charge in [-0.3, -0.25) is 9.89 Å². The maximum atomic E-state index is 10.2. The van der Waals surface area contributed by atoms with E-state index in [0.29, 0.717) is 23.0 Å². The molecule has 0 aliphatic carbocycles. The molecular weight excluding hydrogens is 344 g/mol. The van der Waals surface area contributed by atoms with Crippen LogP contribution < -0.4 is 10.6 Å². The number of hydrogen-bond acceptors (Lipinski definition) is 4. The fourth-order valence-electron chi connectivity index (χ4n) is 2.53. The summed E-state index contributed by atoms with van der Waals surface area (Å²) in [7, 11) is 0. The van der Waals surface area contributed by atoms with Gasteiger partial charge >= 0.3 is 0 Å². The molecule has 0 saturated heterocycles. The van der Waals surface area contributed by atoms with Crippen LogP contribution in [0.25, 0.3) is 0 Å². The smallest absolute Gasteiger partial charge is 0.191 e. The van der Waals surface area contributed by atoms with E-state index in [-0.39, 0.29) is 0 Å². The molecule has 1 aromatic rings. The first-order valence-corrected chi connectivity index (χ1v) is 9.75. The van der Waals surface area contributed by atoms with E-state index < -0.39 is 6.10 Å². The fraction of sp³-hybridized carbons (Fsp3) is 0.706. The second-order valence-corrected chi connectivity index (χ2v) is 7.98. The number of thiophene rings is 1. The average Bonchev–Trinajstić information content (AvgIpc) is 2.94. The normalized spacial score (nSPS) is 13.8. The molecule has 24 heavy (non-hydrogen) atoms. The minimum atomic E-state index is -0.624. The molecule has 1 rings (SSSR count). The first kappa shape index (κ1) is 21.2. The lowest BCUT2D eigenvalue weighted by Gasteiger charge is -2.30.